The number of allylic oxidation sites excluding steroid dienone is 2. The zero-order valence-electron chi connectivity index (χ0n) is 10.2. The monoisotopic (exact) mass is 254 g/mol. The van der Waals surface area contributed by atoms with Crippen LogP contribution in [-0.2, 0) is 0 Å². The highest BCUT2D eigenvalue weighted by atomic mass is 35.5. The second-order valence-corrected chi connectivity index (χ2v) is 5.00. The van der Waals surface area contributed by atoms with Gasteiger partial charge in [0.05, 0.1) is 5.70 Å². The molecule has 5 heteroatoms. The molecule has 0 amide bonds. The summed E-state index contributed by atoms with van der Waals surface area (Å²) in [6.07, 6.45) is 2.90. The molecule has 1 aromatic rings. The normalized spacial score (nSPS) is 12.9. The molecule has 0 aromatic carbocycles. The Morgan fingerprint density at radius 1 is 1.53 bits per heavy atom. The molecule has 4 N–H and O–H groups in total. The summed E-state index contributed by atoms with van der Waals surface area (Å²) >= 11 is 5.76. The number of ether oxygens (including phenoxy) is 1. The number of halogens is 1. The van der Waals surface area contributed by atoms with E-state index in [4.69, 9.17) is 27.5 Å². The quantitative estimate of drug-likeness (QED) is 0.483. The molecule has 0 saturated heterocycles. The Balaban J connectivity index is 3.03. The smallest absolute Gasteiger partial charge is 0.209 e. The van der Waals surface area contributed by atoms with E-state index in [-0.39, 0.29) is 5.41 Å². The molecular formula is C12H17ClN3O+. The Bertz CT molecular complexity index is 449. The molecule has 4 nitrogen and oxygen atoms in total. The number of aromatic nitrogens is 1. The van der Waals surface area contributed by atoms with Crippen molar-refractivity contribution < 1.29 is 10.1 Å². The maximum Gasteiger partial charge on any atom is 0.209 e. The number of nitrogens with zero attached hydrogens (tertiary/aromatic N) is 1. The molecule has 0 aliphatic rings. The minimum absolute atomic E-state index is 0.220. The van der Waals surface area contributed by atoms with Gasteiger partial charge in [-0.15, -0.1) is 0 Å². The van der Waals surface area contributed by atoms with Crippen LogP contribution < -0.4 is 15.9 Å². The van der Waals surface area contributed by atoms with Gasteiger partial charge in [-0.3, -0.25) is 5.41 Å². The van der Waals surface area contributed by atoms with E-state index in [1.165, 1.54) is 6.21 Å². The number of hydrogen-bond donors (Lipinski definition) is 2. The van der Waals surface area contributed by atoms with Crippen LogP contribution in [0.1, 0.15) is 20.8 Å². The van der Waals surface area contributed by atoms with Crippen LogP contribution in [0.5, 0.6) is 5.75 Å². The molecule has 0 spiro atoms. The molecule has 0 radical (unpaired) electrons. The van der Waals surface area contributed by atoms with Crippen molar-refractivity contribution in [3.8, 4) is 5.75 Å². The van der Waals surface area contributed by atoms with E-state index >= 15 is 0 Å². The van der Waals surface area contributed by atoms with Gasteiger partial charge in [0, 0.05) is 17.7 Å². The van der Waals surface area contributed by atoms with E-state index in [9.17, 15) is 0 Å². The Kier molecular flexibility index (Phi) is 4.12. The van der Waals surface area contributed by atoms with Gasteiger partial charge < -0.3 is 10.5 Å². The SMILES string of the molecule is CC(C)(C)C(N)=C(C=[NH2+])Oc1ccnc(Cl)c1. The molecule has 0 aliphatic carbocycles. The van der Waals surface area contributed by atoms with Crippen molar-refractivity contribution in [1.82, 2.24) is 4.98 Å². The highest BCUT2D eigenvalue weighted by Gasteiger charge is 2.20. The first-order valence-electron chi connectivity index (χ1n) is 5.19. The zero-order chi connectivity index (χ0) is 13.1. The topological polar surface area (TPSA) is 73.7 Å². The van der Waals surface area contributed by atoms with E-state index in [2.05, 4.69) is 4.98 Å². The standard InChI is InChI=1S/C12H16ClN3O/c1-12(2,3)11(15)9(7-14)17-8-4-5-16-10(13)6-8/h4-7,14H,15H2,1-3H3/p+1. The van der Waals surface area contributed by atoms with Crippen molar-refractivity contribution in [3.63, 3.8) is 0 Å². The minimum atomic E-state index is -0.220. The van der Waals surface area contributed by atoms with Gasteiger partial charge in [0.1, 0.15) is 10.9 Å². The summed E-state index contributed by atoms with van der Waals surface area (Å²) in [5, 5.41) is 5.87. The minimum Gasteiger partial charge on any atom is -0.449 e. The van der Waals surface area contributed by atoms with Crippen LogP contribution >= 0.6 is 11.6 Å². The first-order chi connectivity index (χ1) is 7.84. The molecule has 0 saturated carbocycles. The van der Waals surface area contributed by atoms with Crippen LogP contribution in [0.15, 0.2) is 29.8 Å². The summed E-state index contributed by atoms with van der Waals surface area (Å²) in [5.74, 6) is 0.980. The van der Waals surface area contributed by atoms with Gasteiger partial charge in [-0.05, 0) is 6.07 Å². The zero-order valence-corrected chi connectivity index (χ0v) is 11.0. The van der Waals surface area contributed by atoms with Crippen molar-refractivity contribution in [2.45, 2.75) is 20.8 Å². The third kappa shape index (κ3) is 3.75. The summed E-state index contributed by atoms with van der Waals surface area (Å²) < 4.78 is 5.58. The van der Waals surface area contributed by atoms with Crippen LogP contribution in [0.2, 0.25) is 5.15 Å². The van der Waals surface area contributed by atoms with Crippen molar-refractivity contribution in [1.29, 1.82) is 0 Å². The van der Waals surface area contributed by atoms with Crippen LogP contribution in [0.4, 0.5) is 0 Å². The predicted octanol–water partition coefficient (Wildman–Crippen LogP) is 1.16. The Morgan fingerprint density at radius 2 is 2.18 bits per heavy atom. The molecule has 0 atom stereocenters. The maximum absolute atomic E-state index is 5.99. The van der Waals surface area contributed by atoms with Gasteiger partial charge >= 0.3 is 0 Å². The molecule has 0 unspecified atom stereocenters. The van der Waals surface area contributed by atoms with Crippen molar-refractivity contribution in [2.24, 2.45) is 11.1 Å². The molecule has 92 valence electrons. The molecular weight excluding hydrogens is 238 g/mol. The van der Waals surface area contributed by atoms with Crippen molar-refractivity contribution in [2.75, 3.05) is 0 Å². The summed E-state index contributed by atoms with van der Waals surface area (Å²) in [6, 6.07) is 3.28. The van der Waals surface area contributed by atoms with E-state index in [1.807, 2.05) is 20.8 Å². The summed E-state index contributed by atoms with van der Waals surface area (Å²) in [7, 11) is 0. The van der Waals surface area contributed by atoms with Crippen molar-refractivity contribution >= 4 is 17.8 Å². The summed E-state index contributed by atoms with van der Waals surface area (Å²) in [4.78, 5) is 3.86. The number of hydrogen-bond acceptors (Lipinski definition) is 3. The van der Waals surface area contributed by atoms with E-state index in [1.54, 1.807) is 18.3 Å². The van der Waals surface area contributed by atoms with Gasteiger partial charge in [0.15, 0.2) is 0 Å². The lowest BCUT2D eigenvalue weighted by Gasteiger charge is -2.20. The van der Waals surface area contributed by atoms with E-state index < -0.39 is 0 Å². The van der Waals surface area contributed by atoms with Gasteiger partial charge in [-0.2, -0.15) is 0 Å². The molecule has 1 heterocycles. The van der Waals surface area contributed by atoms with Crippen LogP contribution in [0, 0.1) is 5.41 Å². The van der Waals surface area contributed by atoms with Crippen LogP contribution in [-0.4, -0.2) is 11.2 Å². The second kappa shape index (κ2) is 5.19. The number of rotatable bonds is 3. The van der Waals surface area contributed by atoms with Crippen LogP contribution in [0.3, 0.4) is 0 Å². The van der Waals surface area contributed by atoms with Gasteiger partial charge in [0.2, 0.25) is 12.0 Å². The van der Waals surface area contributed by atoms with Gasteiger partial charge in [0.25, 0.3) is 0 Å². The number of nitrogens with two attached hydrogens (primary N) is 2. The van der Waals surface area contributed by atoms with E-state index in [0.29, 0.717) is 22.4 Å². The summed E-state index contributed by atoms with van der Waals surface area (Å²) in [6.45, 7) is 5.94. The first kappa shape index (κ1) is 13.5. The maximum atomic E-state index is 5.99. The fourth-order valence-corrected chi connectivity index (χ4v) is 1.29. The first-order valence-corrected chi connectivity index (χ1v) is 5.57. The van der Waals surface area contributed by atoms with Gasteiger partial charge in [-0.25, -0.2) is 4.98 Å². The van der Waals surface area contributed by atoms with E-state index in [0.717, 1.165) is 0 Å². The lowest BCUT2D eigenvalue weighted by atomic mass is 9.91. The third-order valence-electron chi connectivity index (χ3n) is 2.15. The number of pyridine rings is 1. The molecule has 17 heavy (non-hydrogen) atoms. The lowest BCUT2D eigenvalue weighted by Crippen LogP contribution is -2.34. The largest absolute Gasteiger partial charge is 0.449 e. The van der Waals surface area contributed by atoms with Crippen molar-refractivity contribution in [3.05, 3.63) is 34.9 Å². The Labute approximate surface area is 106 Å². The third-order valence-corrected chi connectivity index (χ3v) is 2.36. The molecule has 1 aromatic heterocycles. The molecule has 0 fully saturated rings. The fraction of sp³-hybridized carbons (Fsp3) is 0.333. The molecule has 0 bridgehead atoms. The highest BCUT2D eigenvalue weighted by molar-refractivity contribution is 6.29. The second-order valence-electron chi connectivity index (χ2n) is 4.61. The molecule has 1 rings (SSSR count). The average molecular weight is 255 g/mol. The Hall–Kier alpha value is -1.55. The highest BCUT2D eigenvalue weighted by Crippen LogP contribution is 2.25. The summed E-state index contributed by atoms with van der Waals surface area (Å²) in [5.41, 5.74) is 6.34. The predicted molar refractivity (Wildman–Crippen MR) is 68.5 cm³/mol. The molecule has 0 aliphatic heterocycles. The Morgan fingerprint density at radius 3 is 2.65 bits per heavy atom. The van der Waals surface area contributed by atoms with Gasteiger partial charge in [-0.1, -0.05) is 32.4 Å². The average Bonchev–Trinajstić information content (AvgIpc) is 2.24. The van der Waals surface area contributed by atoms with Crippen LogP contribution in [0.25, 0.3) is 0 Å². The lowest BCUT2D eigenvalue weighted by molar-refractivity contribution is -0.106. The fourth-order valence-electron chi connectivity index (χ4n) is 1.12.